The molecule has 0 aromatic carbocycles. The summed E-state index contributed by atoms with van der Waals surface area (Å²) in [7, 11) is 0.267. The average molecular weight is 406 g/mol. The summed E-state index contributed by atoms with van der Waals surface area (Å²) in [5, 5.41) is 0. The van der Waals surface area contributed by atoms with Gasteiger partial charge in [-0.25, -0.2) is 0 Å². The highest BCUT2D eigenvalue weighted by Gasteiger charge is 2.68. The van der Waals surface area contributed by atoms with Crippen molar-refractivity contribution in [2.45, 2.75) is 0 Å². The third-order valence-corrected chi connectivity index (χ3v) is 114. The van der Waals surface area contributed by atoms with E-state index in [1.807, 2.05) is 0 Å². The minimum atomic E-state index is -0.853. The molecule has 1 heterocycles. The summed E-state index contributed by atoms with van der Waals surface area (Å²) in [6.07, 6.45) is 0. The summed E-state index contributed by atoms with van der Waals surface area (Å²) < 4.78 is -1.71. The van der Waals surface area contributed by atoms with Crippen LogP contribution in [0.2, 0.25) is 0 Å². The van der Waals surface area contributed by atoms with Crippen LogP contribution in [0.15, 0.2) is 0 Å². The zero-order chi connectivity index (χ0) is 5.71. The Hall–Kier alpha value is 2.57. The van der Waals surface area contributed by atoms with E-state index in [9.17, 15) is 0 Å². The van der Waals surface area contributed by atoms with Crippen LogP contribution in [0.25, 0.3) is 0 Å². The van der Waals surface area contributed by atoms with Crippen LogP contribution in [0.4, 0.5) is 0 Å². The molecule has 1 aliphatic rings. The normalized spacial score (nSPS) is 32.6. The molecule has 7 heavy (non-hydrogen) atoms. The maximum Gasteiger partial charge on any atom is 0.195 e. The summed E-state index contributed by atoms with van der Waals surface area (Å²) in [5.74, 6) is 0. The van der Waals surface area contributed by atoms with E-state index < -0.39 is 8.70 Å². The molecule has 1 fully saturated rings. The molecule has 1 saturated heterocycles. The number of rotatable bonds is 0. The van der Waals surface area contributed by atoms with Crippen molar-refractivity contribution in [3.63, 3.8) is 0 Å². The van der Waals surface area contributed by atoms with Gasteiger partial charge in [0.1, 0.15) is 0 Å². The first kappa shape index (κ1) is 7.68. The van der Waals surface area contributed by atoms with Crippen LogP contribution in [-0.4, -0.2) is 17.2 Å². The van der Waals surface area contributed by atoms with Gasteiger partial charge >= 0.3 is 0 Å². The van der Waals surface area contributed by atoms with Gasteiger partial charge in [-0.3, -0.25) is 0 Å². The second-order valence-electron chi connectivity index (χ2n) is 1.59. The second kappa shape index (κ2) is 2.03. The Morgan fingerprint density at radius 2 is 1.00 bits per heavy atom. The predicted molar refractivity (Wildman–Crippen MR) is 55.8 cm³/mol. The van der Waals surface area contributed by atoms with Crippen LogP contribution < -0.4 is 0 Å². The van der Waals surface area contributed by atoms with Crippen molar-refractivity contribution in [3.05, 3.63) is 0 Å². The lowest BCUT2D eigenvalue weighted by molar-refractivity contribution is 4.32. The Balaban J connectivity index is 2.59. The lowest BCUT2D eigenvalue weighted by Gasteiger charge is -1.92. The number of hydrogen-bond donors (Lipinski definition) is 0. The van der Waals surface area contributed by atoms with Crippen molar-refractivity contribution < 1.29 is 0 Å². The van der Waals surface area contributed by atoms with Crippen LogP contribution in [-0.2, 0) is 0 Å². The van der Waals surface area contributed by atoms with Gasteiger partial charge in [-0.15, -0.1) is 61.2 Å². The fourth-order valence-corrected chi connectivity index (χ4v) is 130. The molecule has 0 aromatic heterocycles. The predicted octanol–water partition coefficient (Wildman–Crippen LogP) is 1.70. The number of halogens is 4. The van der Waals surface area contributed by atoms with Crippen molar-refractivity contribution >= 4 is 78.4 Å². The highest BCUT2D eigenvalue weighted by molar-refractivity contribution is 9.74. The molecule has 0 aliphatic carbocycles. The zero-order valence-electron chi connectivity index (χ0n) is 3.22. The van der Waals surface area contributed by atoms with Crippen LogP contribution in [0, 0.1) is 0 Å². The topological polar surface area (TPSA) is 0 Å². The van der Waals surface area contributed by atoms with Gasteiger partial charge in [-0.1, -0.05) is 0 Å². The van der Waals surface area contributed by atoms with Crippen molar-refractivity contribution in [2.24, 2.45) is 0 Å². The highest BCUT2D eigenvalue weighted by Crippen LogP contribution is 2.51. The van der Waals surface area contributed by atoms with Gasteiger partial charge in [0.25, 0.3) is 0 Å². The minimum Gasteiger partial charge on any atom is -0.117 e. The third-order valence-electron chi connectivity index (χ3n) is 0.854. The van der Waals surface area contributed by atoms with E-state index in [0.29, 0.717) is 0 Å². The first-order valence-corrected chi connectivity index (χ1v) is 20.4. The van der Waals surface area contributed by atoms with Gasteiger partial charge in [0, 0.05) is 0 Å². The first-order valence-electron chi connectivity index (χ1n) is 1.71. The largest absolute Gasteiger partial charge is 0.195 e. The van der Waals surface area contributed by atoms with Gasteiger partial charge in [-0.05, 0) is 0 Å². The molecule has 1 aliphatic heterocycles. The molecular formula is H2Br4Si3. The van der Waals surface area contributed by atoms with Crippen molar-refractivity contribution in [3.8, 4) is 0 Å². The number of hydrogen-bond acceptors (Lipinski definition) is 0. The molecule has 0 radical (unpaired) electrons. The fourth-order valence-electron chi connectivity index (χ4n) is 0.235. The van der Waals surface area contributed by atoms with E-state index in [2.05, 4.69) is 61.2 Å². The van der Waals surface area contributed by atoms with Crippen LogP contribution in [0.5, 0.6) is 0 Å². The molecule has 0 amide bonds. The molecule has 0 aromatic rings. The molecule has 0 atom stereocenters. The Morgan fingerprint density at radius 3 is 1.00 bits per heavy atom. The summed E-state index contributed by atoms with van der Waals surface area (Å²) in [4.78, 5) is 0. The smallest absolute Gasteiger partial charge is 0.117 e. The van der Waals surface area contributed by atoms with Crippen LogP contribution >= 0.6 is 61.2 Å². The summed E-state index contributed by atoms with van der Waals surface area (Å²) in [6.45, 7) is 0. The van der Waals surface area contributed by atoms with E-state index in [-0.39, 0.29) is 8.55 Å². The minimum absolute atomic E-state index is 0.267. The van der Waals surface area contributed by atoms with Gasteiger partial charge in [-0.2, -0.15) is 0 Å². The monoisotopic (exact) mass is 402 g/mol. The summed E-state index contributed by atoms with van der Waals surface area (Å²) >= 11 is 14.8. The lowest BCUT2D eigenvalue weighted by atomic mass is 27.0. The van der Waals surface area contributed by atoms with E-state index in [1.165, 1.54) is 0 Å². The van der Waals surface area contributed by atoms with Gasteiger partial charge < -0.3 is 0 Å². The molecule has 7 heteroatoms. The average Bonchev–Trinajstić information content (AvgIpc) is 1.63. The van der Waals surface area contributed by atoms with Crippen molar-refractivity contribution in [1.82, 2.24) is 0 Å². The maximum absolute atomic E-state index is 3.69. The van der Waals surface area contributed by atoms with Crippen molar-refractivity contribution in [2.75, 3.05) is 0 Å². The van der Waals surface area contributed by atoms with Crippen LogP contribution in [0.3, 0.4) is 0 Å². The molecule has 1 rings (SSSR count). The van der Waals surface area contributed by atoms with Crippen LogP contribution in [0.1, 0.15) is 0 Å². The molecule has 0 unspecified atom stereocenters. The molecule has 0 N–H and O–H groups in total. The Labute approximate surface area is 77.3 Å². The zero-order valence-corrected chi connectivity index (χ0v) is 13.0. The Kier molecular flexibility index (Phi) is 2.22. The molecule has 0 saturated carbocycles. The van der Waals surface area contributed by atoms with Gasteiger partial charge in [0.2, 0.25) is 0 Å². The maximum atomic E-state index is 3.69. The van der Waals surface area contributed by atoms with E-state index in [4.69, 9.17) is 0 Å². The quantitative estimate of drug-likeness (QED) is 0.425. The second-order valence-corrected chi connectivity index (χ2v) is 68.6. The third kappa shape index (κ3) is 1.53. The first-order chi connectivity index (χ1) is 2.96. The standard InChI is InChI=1S/Br4H2Si3/c1-6(2)5-7(6,3)4/h5H2. The van der Waals surface area contributed by atoms with Crippen molar-refractivity contribution in [1.29, 1.82) is 0 Å². The summed E-state index contributed by atoms with van der Waals surface area (Å²) in [6, 6.07) is 0. The molecular weight excluding hydrogens is 404 g/mol. The molecule has 42 valence electrons. The fraction of sp³-hybridized carbons (Fsp3) is 0. The molecule has 0 nitrogen and oxygen atoms in total. The SMILES string of the molecule is Br[Si]1(Br)[SiH2][Si]1(Br)Br. The Morgan fingerprint density at radius 1 is 0.857 bits per heavy atom. The highest BCUT2D eigenvalue weighted by atomic mass is 79.9. The van der Waals surface area contributed by atoms with Gasteiger partial charge in [0.15, 0.2) is 8.70 Å². The van der Waals surface area contributed by atoms with E-state index >= 15 is 0 Å². The van der Waals surface area contributed by atoms with E-state index in [1.54, 1.807) is 0 Å². The van der Waals surface area contributed by atoms with E-state index in [0.717, 1.165) is 0 Å². The summed E-state index contributed by atoms with van der Waals surface area (Å²) in [5.41, 5.74) is 0. The Bertz CT molecular complexity index is 83.1. The molecule has 0 spiro atoms. The molecule has 0 bridgehead atoms. The van der Waals surface area contributed by atoms with Gasteiger partial charge in [0.05, 0.1) is 8.55 Å². The lowest BCUT2D eigenvalue weighted by Crippen LogP contribution is -2.07.